The van der Waals surface area contributed by atoms with E-state index in [1.165, 1.54) is 31.9 Å². The fraction of sp³-hybridized carbons (Fsp3) is 0.625. The van der Waals surface area contributed by atoms with Gasteiger partial charge in [0, 0.05) is 32.6 Å². The van der Waals surface area contributed by atoms with Gasteiger partial charge >= 0.3 is 0 Å². The number of nitrogens with one attached hydrogen (secondary N) is 2. The lowest BCUT2D eigenvalue weighted by molar-refractivity contribution is -0.121. The number of hydrogen-bond donors (Lipinski definition) is 2. The second kappa shape index (κ2) is 7.87. The average molecular weight is 304 g/mol. The van der Waals surface area contributed by atoms with Crippen molar-refractivity contribution in [3.05, 3.63) is 23.3 Å². The summed E-state index contributed by atoms with van der Waals surface area (Å²) in [5.41, 5.74) is 1.14. The molecule has 0 aliphatic heterocycles. The predicted octanol–water partition coefficient (Wildman–Crippen LogP) is 1.38. The van der Waals surface area contributed by atoms with Crippen LogP contribution in [0.5, 0.6) is 0 Å². The van der Waals surface area contributed by atoms with Gasteiger partial charge in [-0.25, -0.2) is 9.97 Å². The fourth-order valence-electron chi connectivity index (χ4n) is 2.90. The Kier molecular flexibility index (Phi) is 5.86. The van der Waals surface area contributed by atoms with Gasteiger partial charge in [0.2, 0.25) is 5.91 Å². The zero-order valence-electron chi connectivity index (χ0n) is 13.3. The molecular weight excluding hydrogens is 280 g/mol. The Morgan fingerprint density at radius 2 is 2.05 bits per heavy atom. The highest BCUT2D eigenvalue weighted by Gasteiger charge is 2.18. The van der Waals surface area contributed by atoms with Crippen LogP contribution in [0.3, 0.4) is 0 Å². The Balaban J connectivity index is 1.86. The molecule has 1 aliphatic rings. The van der Waals surface area contributed by atoms with Crippen molar-refractivity contribution < 1.29 is 9.59 Å². The normalized spacial score (nSPS) is 14.8. The molecule has 0 saturated heterocycles. The van der Waals surface area contributed by atoms with Crippen LogP contribution in [-0.2, 0) is 11.2 Å². The Hall–Kier alpha value is -1.98. The molecule has 120 valence electrons. The summed E-state index contributed by atoms with van der Waals surface area (Å²) in [6.45, 7) is 2.28. The molecule has 2 amide bonds. The van der Waals surface area contributed by atoms with Crippen LogP contribution in [0.4, 0.5) is 0 Å². The first-order valence-electron chi connectivity index (χ1n) is 7.91. The first kappa shape index (κ1) is 16.4. The average Bonchev–Trinajstić information content (AvgIpc) is 2.99. The summed E-state index contributed by atoms with van der Waals surface area (Å²) in [6, 6.07) is 0. The molecule has 0 unspecified atom stereocenters. The fourth-order valence-corrected chi connectivity index (χ4v) is 2.90. The minimum atomic E-state index is -0.202. The van der Waals surface area contributed by atoms with Gasteiger partial charge in [-0.05, 0) is 25.7 Å². The summed E-state index contributed by atoms with van der Waals surface area (Å²) >= 11 is 0. The maximum Gasteiger partial charge on any atom is 0.254 e. The summed E-state index contributed by atoms with van der Waals surface area (Å²) in [5.74, 6) is 1.06. The van der Waals surface area contributed by atoms with E-state index >= 15 is 0 Å². The van der Waals surface area contributed by atoms with E-state index in [4.69, 9.17) is 0 Å². The van der Waals surface area contributed by atoms with E-state index in [9.17, 15) is 9.59 Å². The van der Waals surface area contributed by atoms with Gasteiger partial charge in [-0.2, -0.15) is 0 Å². The summed E-state index contributed by atoms with van der Waals surface area (Å²) in [7, 11) is 1.58. The van der Waals surface area contributed by atoms with E-state index in [0.29, 0.717) is 42.4 Å². The summed E-state index contributed by atoms with van der Waals surface area (Å²) in [5, 5.41) is 5.51. The van der Waals surface area contributed by atoms with Gasteiger partial charge in [0.25, 0.3) is 5.91 Å². The Morgan fingerprint density at radius 3 is 2.73 bits per heavy atom. The zero-order chi connectivity index (χ0) is 15.9. The van der Waals surface area contributed by atoms with Crippen LogP contribution in [0, 0.1) is 12.8 Å². The number of rotatable bonds is 6. The maximum atomic E-state index is 11.9. The molecule has 0 spiro atoms. The van der Waals surface area contributed by atoms with Crippen LogP contribution in [0.2, 0.25) is 0 Å². The lowest BCUT2D eigenvalue weighted by atomic mass is 10.0. The number of amides is 2. The molecule has 1 aliphatic carbocycles. The van der Waals surface area contributed by atoms with E-state index in [0.717, 1.165) is 0 Å². The molecule has 0 bridgehead atoms. The SMILES string of the molecule is CNC(=O)c1cnc(C)nc1CCNC(=O)CC1CCCC1. The van der Waals surface area contributed by atoms with Crippen molar-refractivity contribution in [3.8, 4) is 0 Å². The lowest BCUT2D eigenvalue weighted by Crippen LogP contribution is -2.28. The quantitative estimate of drug-likeness (QED) is 0.831. The number of carbonyl (C=O) groups excluding carboxylic acids is 2. The number of aryl methyl sites for hydroxylation is 1. The Bertz CT molecular complexity index is 539. The second-order valence-corrected chi connectivity index (χ2v) is 5.81. The van der Waals surface area contributed by atoms with Crippen molar-refractivity contribution >= 4 is 11.8 Å². The number of nitrogens with zero attached hydrogens (tertiary/aromatic N) is 2. The number of carbonyl (C=O) groups is 2. The Labute approximate surface area is 131 Å². The molecule has 2 N–H and O–H groups in total. The molecule has 6 nitrogen and oxygen atoms in total. The van der Waals surface area contributed by atoms with E-state index < -0.39 is 0 Å². The van der Waals surface area contributed by atoms with Gasteiger partial charge in [0.05, 0.1) is 11.3 Å². The lowest BCUT2D eigenvalue weighted by Gasteiger charge is -2.11. The van der Waals surface area contributed by atoms with Gasteiger partial charge in [-0.15, -0.1) is 0 Å². The first-order chi connectivity index (χ1) is 10.6. The number of aromatic nitrogens is 2. The summed E-state index contributed by atoms with van der Waals surface area (Å²) < 4.78 is 0. The summed E-state index contributed by atoms with van der Waals surface area (Å²) in [6.07, 6.45) is 7.50. The van der Waals surface area contributed by atoms with Crippen molar-refractivity contribution in [1.29, 1.82) is 0 Å². The number of hydrogen-bond acceptors (Lipinski definition) is 4. The van der Waals surface area contributed by atoms with Gasteiger partial charge in [0.15, 0.2) is 0 Å². The zero-order valence-corrected chi connectivity index (χ0v) is 13.3. The molecule has 1 aromatic rings. The molecule has 0 atom stereocenters. The smallest absolute Gasteiger partial charge is 0.254 e. The van der Waals surface area contributed by atoms with Gasteiger partial charge in [-0.3, -0.25) is 9.59 Å². The van der Waals surface area contributed by atoms with Crippen LogP contribution >= 0.6 is 0 Å². The third-order valence-electron chi connectivity index (χ3n) is 4.09. The van der Waals surface area contributed by atoms with Crippen molar-refractivity contribution in [3.63, 3.8) is 0 Å². The van der Waals surface area contributed by atoms with Crippen LogP contribution in [-0.4, -0.2) is 35.4 Å². The molecule has 1 saturated carbocycles. The van der Waals surface area contributed by atoms with E-state index in [-0.39, 0.29) is 11.8 Å². The van der Waals surface area contributed by atoms with Crippen LogP contribution in [0.1, 0.15) is 54.0 Å². The van der Waals surface area contributed by atoms with E-state index in [1.54, 1.807) is 14.0 Å². The van der Waals surface area contributed by atoms with Crippen LogP contribution < -0.4 is 10.6 Å². The monoisotopic (exact) mass is 304 g/mol. The highest BCUT2D eigenvalue weighted by molar-refractivity contribution is 5.94. The molecule has 0 radical (unpaired) electrons. The molecular formula is C16H24N4O2. The van der Waals surface area contributed by atoms with Crippen molar-refractivity contribution in [1.82, 2.24) is 20.6 Å². The van der Waals surface area contributed by atoms with Gasteiger partial charge < -0.3 is 10.6 Å². The van der Waals surface area contributed by atoms with Crippen LogP contribution in [0.15, 0.2) is 6.20 Å². The second-order valence-electron chi connectivity index (χ2n) is 5.81. The topological polar surface area (TPSA) is 84.0 Å². The Morgan fingerprint density at radius 1 is 1.32 bits per heavy atom. The highest BCUT2D eigenvalue weighted by atomic mass is 16.2. The summed E-state index contributed by atoms with van der Waals surface area (Å²) in [4.78, 5) is 32.1. The molecule has 6 heteroatoms. The molecule has 2 rings (SSSR count). The van der Waals surface area contributed by atoms with Gasteiger partial charge in [-0.1, -0.05) is 12.8 Å². The van der Waals surface area contributed by atoms with Gasteiger partial charge in [0.1, 0.15) is 5.82 Å². The third-order valence-corrected chi connectivity index (χ3v) is 4.09. The van der Waals surface area contributed by atoms with Crippen molar-refractivity contribution in [2.45, 2.75) is 45.4 Å². The molecule has 0 aromatic carbocycles. The third kappa shape index (κ3) is 4.51. The molecule has 22 heavy (non-hydrogen) atoms. The van der Waals surface area contributed by atoms with Crippen LogP contribution in [0.25, 0.3) is 0 Å². The largest absolute Gasteiger partial charge is 0.356 e. The minimum absolute atomic E-state index is 0.0965. The molecule has 1 aromatic heterocycles. The van der Waals surface area contributed by atoms with Crippen molar-refractivity contribution in [2.24, 2.45) is 5.92 Å². The minimum Gasteiger partial charge on any atom is -0.356 e. The highest BCUT2D eigenvalue weighted by Crippen LogP contribution is 2.27. The first-order valence-corrected chi connectivity index (χ1v) is 7.91. The predicted molar refractivity (Wildman–Crippen MR) is 83.4 cm³/mol. The standard InChI is InChI=1S/C16H24N4O2/c1-11-19-10-13(16(22)17-2)14(20-11)7-8-18-15(21)9-12-5-3-4-6-12/h10,12H,3-9H2,1-2H3,(H,17,22)(H,18,21). The maximum absolute atomic E-state index is 11.9. The van der Waals surface area contributed by atoms with Crippen molar-refractivity contribution in [2.75, 3.05) is 13.6 Å². The molecule has 1 heterocycles. The van der Waals surface area contributed by atoms with E-state index in [1.807, 2.05) is 0 Å². The molecule has 1 fully saturated rings. The van der Waals surface area contributed by atoms with E-state index in [2.05, 4.69) is 20.6 Å².